The zero-order valence-corrected chi connectivity index (χ0v) is 12.9. The van der Waals surface area contributed by atoms with Gasteiger partial charge in [-0.2, -0.15) is 0 Å². The Bertz CT molecular complexity index is 956. The number of benzene rings is 2. The van der Waals surface area contributed by atoms with Crippen molar-refractivity contribution in [2.75, 3.05) is 11.1 Å². The Kier molecular flexibility index (Phi) is 4.16. The molecule has 0 fully saturated rings. The summed E-state index contributed by atoms with van der Waals surface area (Å²) >= 11 is 0. The molecule has 2 aromatic carbocycles. The third-order valence-corrected chi connectivity index (χ3v) is 3.29. The number of aromatic nitrogens is 1. The van der Waals surface area contributed by atoms with Gasteiger partial charge in [0.15, 0.2) is 5.58 Å². The summed E-state index contributed by atoms with van der Waals surface area (Å²) in [4.78, 5) is 4.45. The van der Waals surface area contributed by atoms with Gasteiger partial charge in [0, 0.05) is 22.6 Å². The van der Waals surface area contributed by atoms with Crippen LogP contribution in [0.5, 0.6) is 0 Å². The fourth-order valence-corrected chi connectivity index (χ4v) is 2.22. The summed E-state index contributed by atoms with van der Waals surface area (Å²) in [5, 5.41) is 3.07. The van der Waals surface area contributed by atoms with E-state index in [9.17, 15) is 4.39 Å². The second-order valence-corrected chi connectivity index (χ2v) is 5.26. The number of nitrogens with one attached hydrogen (secondary N) is 1. The number of halogens is 1. The fraction of sp³-hybridized carbons (Fsp3) is 0. The maximum absolute atomic E-state index is 12.6. The molecule has 120 valence electrons. The number of hydrogen-bond donors (Lipinski definition) is 2. The minimum atomic E-state index is -0.530. The van der Waals surface area contributed by atoms with Crippen molar-refractivity contribution in [1.29, 1.82) is 0 Å². The largest absolute Gasteiger partial charge is 0.436 e. The van der Waals surface area contributed by atoms with Gasteiger partial charge in [0.2, 0.25) is 5.89 Å². The first-order chi connectivity index (χ1) is 11.5. The molecule has 3 aromatic rings. The van der Waals surface area contributed by atoms with Crippen LogP contribution in [0.25, 0.3) is 22.6 Å². The summed E-state index contributed by atoms with van der Waals surface area (Å²) in [5.41, 5.74) is 9.90. The van der Waals surface area contributed by atoms with Gasteiger partial charge in [-0.05, 0) is 48.6 Å². The number of nitrogens with two attached hydrogens (primary N) is 1. The monoisotopic (exact) mass is 321 g/mol. The van der Waals surface area contributed by atoms with E-state index in [4.69, 9.17) is 10.2 Å². The van der Waals surface area contributed by atoms with Crippen LogP contribution in [0, 0.1) is 0 Å². The van der Waals surface area contributed by atoms with Gasteiger partial charge in [0.05, 0.1) is 0 Å². The molecule has 0 saturated heterocycles. The lowest BCUT2D eigenvalue weighted by molar-refractivity contribution is 0.620. The van der Waals surface area contributed by atoms with Gasteiger partial charge < -0.3 is 15.5 Å². The molecule has 0 atom stereocenters. The zero-order chi connectivity index (χ0) is 17.1. The molecule has 0 amide bonds. The number of allylic oxidation sites excluding steroid dienone is 3. The summed E-state index contributed by atoms with van der Waals surface area (Å²) in [7, 11) is 0. The van der Waals surface area contributed by atoms with E-state index in [-0.39, 0.29) is 0 Å². The molecule has 0 aliphatic heterocycles. The highest BCUT2D eigenvalue weighted by Gasteiger charge is 2.09. The first-order valence-electron chi connectivity index (χ1n) is 7.26. The molecular formula is C19H16FN3O. The summed E-state index contributed by atoms with van der Waals surface area (Å²) in [6.45, 7) is 6.97. The van der Waals surface area contributed by atoms with Gasteiger partial charge in [-0.3, -0.25) is 0 Å². The highest BCUT2D eigenvalue weighted by Crippen LogP contribution is 2.27. The van der Waals surface area contributed by atoms with Crippen LogP contribution in [-0.2, 0) is 0 Å². The van der Waals surface area contributed by atoms with Crippen molar-refractivity contribution in [2.45, 2.75) is 0 Å². The van der Waals surface area contributed by atoms with Crippen molar-refractivity contribution in [1.82, 2.24) is 4.98 Å². The molecule has 0 aliphatic carbocycles. The maximum Gasteiger partial charge on any atom is 0.227 e. The standard InChI is InChI=1S/C19H16FN3O/c1-12(20)6-7-13(2)22-16-5-3-4-14(10-16)19-23-17-11-15(21)8-9-18(17)24-19/h3-11,22H,1-2,21H2/b7-6-. The summed E-state index contributed by atoms with van der Waals surface area (Å²) in [6.07, 6.45) is 2.75. The number of fused-ring (bicyclic) bond motifs is 1. The lowest BCUT2D eigenvalue weighted by Gasteiger charge is -2.06. The molecule has 0 radical (unpaired) electrons. The van der Waals surface area contributed by atoms with Gasteiger partial charge >= 0.3 is 0 Å². The minimum Gasteiger partial charge on any atom is -0.436 e. The second-order valence-electron chi connectivity index (χ2n) is 5.26. The molecule has 0 aliphatic rings. The molecule has 24 heavy (non-hydrogen) atoms. The van der Waals surface area contributed by atoms with E-state index in [1.165, 1.54) is 12.2 Å². The van der Waals surface area contributed by atoms with Crippen LogP contribution in [0.3, 0.4) is 0 Å². The quantitative estimate of drug-likeness (QED) is 0.510. The fourth-order valence-electron chi connectivity index (χ4n) is 2.22. The number of rotatable bonds is 5. The Hall–Kier alpha value is -3.34. The summed E-state index contributed by atoms with van der Waals surface area (Å²) in [5.74, 6) is -0.0324. The topological polar surface area (TPSA) is 64.1 Å². The van der Waals surface area contributed by atoms with E-state index in [0.717, 1.165) is 11.3 Å². The van der Waals surface area contributed by atoms with Crippen molar-refractivity contribution in [3.8, 4) is 11.5 Å². The van der Waals surface area contributed by atoms with Gasteiger partial charge in [-0.15, -0.1) is 0 Å². The molecule has 1 aromatic heterocycles. The van der Waals surface area contributed by atoms with E-state index in [2.05, 4.69) is 23.5 Å². The van der Waals surface area contributed by atoms with Gasteiger partial charge in [0.1, 0.15) is 11.3 Å². The lowest BCUT2D eigenvalue weighted by Crippen LogP contribution is -1.95. The summed E-state index contributed by atoms with van der Waals surface area (Å²) < 4.78 is 18.4. The number of anilines is 2. The van der Waals surface area contributed by atoms with Crippen LogP contribution in [0.15, 0.2) is 83.7 Å². The van der Waals surface area contributed by atoms with Gasteiger partial charge in [-0.1, -0.05) is 19.2 Å². The zero-order valence-electron chi connectivity index (χ0n) is 12.9. The van der Waals surface area contributed by atoms with Crippen LogP contribution in [-0.4, -0.2) is 4.98 Å². The third-order valence-electron chi connectivity index (χ3n) is 3.29. The number of hydrogen-bond acceptors (Lipinski definition) is 4. The minimum absolute atomic E-state index is 0.498. The summed E-state index contributed by atoms with van der Waals surface area (Å²) in [6, 6.07) is 12.8. The molecule has 0 spiro atoms. The number of oxazole rings is 1. The van der Waals surface area contributed by atoms with Crippen LogP contribution >= 0.6 is 0 Å². The highest BCUT2D eigenvalue weighted by molar-refractivity contribution is 5.79. The average molecular weight is 321 g/mol. The van der Waals surface area contributed by atoms with E-state index >= 15 is 0 Å². The molecule has 4 nitrogen and oxygen atoms in total. The smallest absolute Gasteiger partial charge is 0.227 e. The average Bonchev–Trinajstić information content (AvgIpc) is 2.96. The molecule has 3 rings (SSSR count). The van der Waals surface area contributed by atoms with Crippen molar-refractivity contribution < 1.29 is 8.81 Å². The Morgan fingerprint density at radius 3 is 2.79 bits per heavy atom. The van der Waals surface area contributed by atoms with Gasteiger partial charge in [0.25, 0.3) is 0 Å². The molecule has 0 saturated carbocycles. The van der Waals surface area contributed by atoms with E-state index in [1.54, 1.807) is 18.2 Å². The predicted molar refractivity (Wildman–Crippen MR) is 96.0 cm³/mol. The Labute approximate surface area is 138 Å². The predicted octanol–water partition coefficient (Wildman–Crippen LogP) is 5.04. The van der Waals surface area contributed by atoms with Crippen LogP contribution in [0.4, 0.5) is 15.8 Å². The number of nitrogen functional groups attached to an aromatic ring is 1. The van der Waals surface area contributed by atoms with E-state index in [1.807, 2.05) is 24.3 Å². The normalized spacial score (nSPS) is 11.0. The van der Waals surface area contributed by atoms with Crippen LogP contribution in [0.2, 0.25) is 0 Å². The Morgan fingerprint density at radius 2 is 2.00 bits per heavy atom. The van der Waals surface area contributed by atoms with Crippen molar-refractivity contribution >= 4 is 22.5 Å². The van der Waals surface area contributed by atoms with Crippen molar-refractivity contribution in [3.05, 3.63) is 79.3 Å². The second kappa shape index (κ2) is 6.42. The molecule has 3 N–H and O–H groups in total. The van der Waals surface area contributed by atoms with Crippen molar-refractivity contribution in [2.24, 2.45) is 0 Å². The van der Waals surface area contributed by atoms with Gasteiger partial charge in [-0.25, -0.2) is 9.37 Å². The molecular weight excluding hydrogens is 305 g/mol. The van der Waals surface area contributed by atoms with Crippen LogP contribution in [0.1, 0.15) is 0 Å². The third kappa shape index (κ3) is 3.52. The lowest BCUT2D eigenvalue weighted by atomic mass is 10.2. The molecule has 1 heterocycles. The van der Waals surface area contributed by atoms with Crippen LogP contribution < -0.4 is 11.1 Å². The molecule has 0 unspecified atom stereocenters. The molecule has 0 bridgehead atoms. The highest BCUT2D eigenvalue weighted by atomic mass is 19.1. The Balaban J connectivity index is 1.86. The first kappa shape index (κ1) is 15.6. The molecule has 5 heteroatoms. The van der Waals surface area contributed by atoms with E-state index < -0.39 is 5.83 Å². The van der Waals surface area contributed by atoms with E-state index in [0.29, 0.717) is 28.4 Å². The Morgan fingerprint density at radius 1 is 1.17 bits per heavy atom. The van der Waals surface area contributed by atoms with Crippen molar-refractivity contribution in [3.63, 3.8) is 0 Å². The number of nitrogens with zero attached hydrogens (tertiary/aromatic N) is 1. The maximum atomic E-state index is 12.6. The first-order valence-corrected chi connectivity index (χ1v) is 7.26. The SMILES string of the molecule is C=C(F)/C=C\C(=C)Nc1cccc(-c2nc3cc(N)ccc3o2)c1.